The Morgan fingerprint density at radius 3 is 2.46 bits per heavy atom. The van der Waals surface area contributed by atoms with Crippen molar-refractivity contribution < 1.29 is 20.1 Å². The van der Waals surface area contributed by atoms with E-state index in [9.17, 15) is 15.3 Å². The molecule has 0 bridgehead atoms. The van der Waals surface area contributed by atoms with Gasteiger partial charge in [-0.05, 0) is 61.1 Å². The molecule has 0 unspecified atom stereocenters. The number of hydrogen-bond donors (Lipinski definition) is 3. The number of aromatic hydroxyl groups is 2. The first-order chi connectivity index (χ1) is 11.5. The highest BCUT2D eigenvalue weighted by Gasteiger charge is 2.50. The average molecular weight is 326 g/mol. The minimum atomic E-state index is -0.694. The van der Waals surface area contributed by atoms with E-state index >= 15 is 0 Å². The Hall–Kier alpha value is -2.20. The van der Waals surface area contributed by atoms with E-state index in [1.54, 1.807) is 30.3 Å². The molecule has 0 amide bonds. The Bertz CT molecular complexity index is 755. The molecule has 0 radical (unpaired) electrons. The van der Waals surface area contributed by atoms with Gasteiger partial charge in [0.2, 0.25) is 0 Å². The smallest absolute Gasteiger partial charge is 0.127 e. The van der Waals surface area contributed by atoms with Gasteiger partial charge in [0.1, 0.15) is 23.4 Å². The fourth-order valence-electron chi connectivity index (χ4n) is 4.31. The number of fused-ring (bicyclic) bond motifs is 3. The molecule has 1 saturated carbocycles. The largest absolute Gasteiger partial charge is 0.508 e. The van der Waals surface area contributed by atoms with Crippen molar-refractivity contribution in [3.63, 3.8) is 0 Å². The molecule has 1 aliphatic heterocycles. The number of phenols is 2. The molecule has 4 nitrogen and oxygen atoms in total. The Morgan fingerprint density at radius 1 is 1.04 bits per heavy atom. The predicted octanol–water partition coefficient (Wildman–Crippen LogP) is 3.87. The first-order valence-electron chi connectivity index (χ1n) is 8.50. The molecular formula is C20H22O4. The average Bonchev–Trinajstić information content (AvgIpc) is 2.94. The van der Waals surface area contributed by atoms with E-state index in [1.807, 2.05) is 19.1 Å². The maximum atomic E-state index is 10.9. The van der Waals surface area contributed by atoms with Crippen LogP contribution in [0.2, 0.25) is 0 Å². The summed E-state index contributed by atoms with van der Waals surface area (Å²) in [7, 11) is 0. The molecule has 1 fully saturated rings. The van der Waals surface area contributed by atoms with E-state index in [-0.39, 0.29) is 29.4 Å². The third kappa shape index (κ3) is 2.42. The van der Waals surface area contributed by atoms with Crippen LogP contribution in [0.1, 0.15) is 49.3 Å². The molecule has 3 N–H and O–H groups in total. The molecule has 126 valence electrons. The highest BCUT2D eigenvalue weighted by molar-refractivity contribution is 5.46. The first-order valence-corrected chi connectivity index (χ1v) is 8.50. The van der Waals surface area contributed by atoms with Crippen molar-refractivity contribution in [3.8, 4) is 17.2 Å². The SMILES string of the molecule is CC[C@]1(O)C[C@H]2[C@@H](c3ccc(O)cc3)Oc3ccc(O)cc3[C@@H]2C1. The second-order valence-electron chi connectivity index (χ2n) is 7.11. The maximum absolute atomic E-state index is 10.9. The summed E-state index contributed by atoms with van der Waals surface area (Å²) in [5.41, 5.74) is 1.29. The van der Waals surface area contributed by atoms with E-state index in [0.29, 0.717) is 19.3 Å². The molecule has 1 aliphatic carbocycles. The van der Waals surface area contributed by atoms with Crippen LogP contribution in [-0.4, -0.2) is 20.9 Å². The van der Waals surface area contributed by atoms with Crippen molar-refractivity contribution in [2.75, 3.05) is 0 Å². The molecule has 1 heterocycles. The molecule has 0 aromatic heterocycles. The minimum absolute atomic E-state index is 0.147. The van der Waals surface area contributed by atoms with Gasteiger partial charge in [-0.3, -0.25) is 0 Å². The molecule has 2 aromatic rings. The summed E-state index contributed by atoms with van der Waals surface area (Å²) in [4.78, 5) is 0. The first kappa shape index (κ1) is 15.3. The van der Waals surface area contributed by atoms with E-state index in [0.717, 1.165) is 16.9 Å². The van der Waals surface area contributed by atoms with Crippen molar-refractivity contribution in [1.29, 1.82) is 0 Å². The summed E-state index contributed by atoms with van der Waals surface area (Å²) in [6.45, 7) is 2.01. The number of hydrogen-bond acceptors (Lipinski definition) is 4. The molecule has 24 heavy (non-hydrogen) atoms. The van der Waals surface area contributed by atoms with Crippen LogP contribution in [-0.2, 0) is 0 Å². The maximum Gasteiger partial charge on any atom is 0.127 e. The molecule has 0 spiro atoms. The van der Waals surface area contributed by atoms with Gasteiger partial charge in [-0.2, -0.15) is 0 Å². The number of aliphatic hydroxyl groups is 1. The zero-order chi connectivity index (χ0) is 16.9. The monoisotopic (exact) mass is 326 g/mol. The predicted molar refractivity (Wildman–Crippen MR) is 90.3 cm³/mol. The van der Waals surface area contributed by atoms with Crippen molar-refractivity contribution >= 4 is 0 Å². The normalized spacial score (nSPS) is 31.2. The molecule has 4 rings (SSSR count). The Labute approximate surface area is 141 Å². The summed E-state index contributed by atoms with van der Waals surface area (Å²) in [5, 5.41) is 30.3. The van der Waals surface area contributed by atoms with E-state index < -0.39 is 5.60 Å². The van der Waals surface area contributed by atoms with E-state index in [4.69, 9.17) is 4.74 Å². The van der Waals surface area contributed by atoms with Crippen LogP contribution in [0.4, 0.5) is 0 Å². The van der Waals surface area contributed by atoms with Crippen LogP contribution in [0.3, 0.4) is 0 Å². The molecule has 4 atom stereocenters. The highest BCUT2D eigenvalue weighted by atomic mass is 16.5. The number of phenolic OH excluding ortho intramolecular Hbond substituents is 2. The van der Waals surface area contributed by atoms with Crippen LogP contribution >= 0.6 is 0 Å². The Kier molecular flexibility index (Phi) is 3.46. The minimum Gasteiger partial charge on any atom is -0.508 e. The topological polar surface area (TPSA) is 69.9 Å². The van der Waals surface area contributed by atoms with Gasteiger partial charge in [0.05, 0.1) is 5.60 Å². The Balaban J connectivity index is 1.79. The highest BCUT2D eigenvalue weighted by Crippen LogP contribution is 2.57. The standard InChI is InChI=1S/C20H22O4/c1-2-20(23)10-16-15-9-14(22)7-8-18(15)24-19(17(16)11-20)12-3-5-13(21)6-4-12/h3-9,16-17,19,21-23H,2,10-11H2,1H3/t16-,17+,19+,20+/m0/s1. The summed E-state index contributed by atoms with van der Waals surface area (Å²) in [5.74, 6) is 1.53. The van der Waals surface area contributed by atoms with Crippen LogP contribution in [0.5, 0.6) is 17.2 Å². The van der Waals surface area contributed by atoms with Gasteiger partial charge >= 0.3 is 0 Å². The van der Waals surface area contributed by atoms with Crippen LogP contribution in [0, 0.1) is 5.92 Å². The molecule has 0 saturated heterocycles. The van der Waals surface area contributed by atoms with Gasteiger partial charge in [0, 0.05) is 11.5 Å². The number of benzene rings is 2. The lowest BCUT2D eigenvalue weighted by Crippen LogP contribution is -2.27. The molecule has 2 aromatic carbocycles. The molecule has 2 aliphatic rings. The Morgan fingerprint density at radius 2 is 1.75 bits per heavy atom. The lowest BCUT2D eigenvalue weighted by atomic mass is 9.80. The summed E-state index contributed by atoms with van der Waals surface area (Å²) in [6, 6.07) is 12.3. The van der Waals surface area contributed by atoms with Gasteiger partial charge in [-0.15, -0.1) is 0 Å². The third-order valence-electron chi connectivity index (χ3n) is 5.65. The molecular weight excluding hydrogens is 304 g/mol. The van der Waals surface area contributed by atoms with Gasteiger partial charge in [0.25, 0.3) is 0 Å². The summed E-state index contributed by atoms with van der Waals surface area (Å²) >= 11 is 0. The second kappa shape index (κ2) is 5.42. The van der Waals surface area contributed by atoms with Crippen molar-refractivity contribution in [3.05, 3.63) is 53.6 Å². The third-order valence-corrected chi connectivity index (χ3v) is 5.65. The lowest BCUT2D eigenvalue weighted by molar-refractivity contribution is 0.0295. The zero-order valence-corrected chi connectivity index (χ0v) is 13.6. The van der Waals surface area contributed by atoms with Gasteiger partial charge in [-0.1, -0.05) is 19.1 Å². The van der Waals surface area contributed by atoms with Crippen LogP contribution in [0.15, 0.2) is 42.5 Å². The second-order valence-corrected chi connectivity index (χ2v) is 7.11. The van der Waals surface area contributed by atoms with Crippen molar-refractivity contribution in [1.82, 2.24) is 0 Å². The van der Waals surface area contributed by atoms with Gasteiger partial charge < -0.3 is 20.1 Å². The quantitative estimate of drug-likeness (QED) is 0.783. The van der Waals surface area contributed by atoms with E-state index in [1.165, 1.54) is 0 Å². The van der Waals surface area contributed by atoms with Crippen molar-refractivity contribution in [2.45, 2.75) is 43.8 Å². The van der Waals surface area contributed by atoms with Gasteiger partial charge in [0.15, 0.2) is 0 Å². The summed E-state index contributed by atoms with van der Waals surface area (Å²) in [6.07, 6.45) is 1.90. The number of ether oxygens (including phenoxy) is 1. The molecule has 4 heteroatoms. The summed E-state index contributed by atoms with van der Waals surface area (Å²) < 4.78 is 6.26. The number of rotatable bonds is 2. The van der Waals surface area contributed by atoms with E-state index in [2.05, 4.69) is 0 Å². The van der Waals surface area contributed by atoms with Crippen LogP contribution in [0.25, 0.3) is 0 Å². The zero-order valence-electron chi connectivity index (χ0n) is 13.6. The van der Waals surface area contributed by atoms with Crippen LogP contribution < -0.4 is 4.74 Å². The fourth-order valence-corrected chi connectivity index (χ4v) is 4.31. The van der Waals surface area contributed by atoms with Gasteiger partial charge in [-0.25, -0.2) is 0 Å². The van der Waals surface area contributed by atoms with Crippen molar-refractivity contribution in [2.24, 2.45) is 5.92 Å². The fraction of sp³-hybridized carbons (Fsp3) is 0.400. The lowest BCUT2D eigenvalue weighted by Gasteiger charge is -2.36.